The molecule has 0 aromatic rings. The highest BCUT2D eigenvalue weighted by Gasteiger charge is 1.97. The van der Waals surface area contributed by atoms with Gasteiger partial charge in [0, 0.05) is 12.9 Å². The van der Waals surface area contributed by atoms with Gasteiger partial charge in [0.1, 0.15) is 0 Å². The summed E-state index contributed by atoms with van der Waals surface area (Å²) in [7, 11) is 1.77. The minimum absolute atomic E-state index is 0.418. The molecule has 0 fully saturated rings. The van der Waals surface area contributed by atoms with Gasteiger partial charge >= 0.3 is 0 Å². The molecule has 1 atom stereocenters. The lowest BCUT2D eigenvalue weighted by Gasteiger charge is -2.07. The molecule has 0 aromatic heterocycles. The summed E-state index contributed by atoms with van der Waals surface area (Å²) in [5.74, 6) is 2.42. The van der Waals surface area contributed by atoms with Gasteiger partial charge in [0.15, 0.2) is 0 Å². The lowest BCUT2D eigenvalue weighted by molar-refractivity contribution is 0.138. The maximum atomic E-state index is 5.11. The van der Waals surface area contributed by atoms with Gasteiger partial charge in [0.05, 0.1) is 6.10 Å². The molecule has 0 radical (unpaired) electrons. The largest absolute Gasteiger partial charge is 0.381 e. The van der Waals surface area contributed by atoms with E-state index < -0.39 is 0 Å². The number of methoxy groups -OCH3 is 1. The zero-order valence-electron chi connectivity index (χ0n) is 7.22. The number of hydrogen-bond donors (Lipinski definition) is 0. The van der Waals surface area contributed by atoms with Crippen LogP contribution in [0.4, 0.5) is 0 Å². The van der Waals surface area contributed by atoms with E-state index in [1.807, 2.05) is 11.8 Å². The predicted octanol–water partition coefficient (Wildman–Crippen LogP) is 2.55. The van der Waals surface area contributed by atoms with Crippen molar-refractivity contribution in [1.82, 2.24) is 0 Å². The third kappa shape index (κ3) is 6.43. The summed E-state index contributed by atoms with van der Waals surface area (Å²) in [6.45, 7) is 4.33. The van der Waals surface area contributed by atoms with E-state index in [-0.39, 0.29) is 0 Å². The Balaban J connectivity index is 2.89. The van der Waals surface area contributed by atoms with Gasteiger partial charge < -0.3 is 4.74 Å². The quantitative estimate of drug-likeness (QED) is 0.555. The van der Waals surface area contributed by atoms with Gasteiger partial charge in [-0.1, -0.05) is 13.3 Å². The molecule has 0 N–H and O–H groups in total. The molecule has 10 heavy (non-hydrogen) atoms. The van der Waals surface area contributed by atoms with Gasteiger partial charge in [-0.3, -0.25) is 0 Å². The summed E-state index contributed by atoms with van der Waals surface area (Å²) in [6, 6.07) is 0. The van der Waals surface area contributed by atoms with E-state index >= 15 is 0 Å². The number of ether oxygens (including phenoxy) is 1. The fourth-order valence-electron chi connectivity index (χ4n) is 0.564. The van der Waals surface area contributed by atoms with Gasteiger partial charge in [-0.05, 0) is 19.1 Å². The zero-order chi connectivity index (χ0) is 7.82. The van der Waals surface area contributed by atoms with Gasteiger partial charge in [-0.25, -0.2) is 0 Å². The van der Waals surface area contributed by atoms with Crippen molar-refractivity contribution in [2.75, 3.05) is 18.6 Å². The molecule has 0 spiro atoms. The Morgan fingerprint density at radius 3 is 2.70 bits per heavy atom. The fraction of sp³-hybridized carbons (Fsp3) is 1.00. The maximum absolute atomic E-state index is 5.11. The molecule has 0 aliphatic heterocycles. The summed E-state index contributed by atoms with van der Waals surface area (Å²) >= 11 is 1.99. The number of rotatable bonds is 6. The normalized spacial score (nSPS) is 13.5. The molecule has 0 aliphatic carbocycles. The van der Waals surface area contributed by atoms with Crippen LogP contribution in [-0.4, -0.2) is 24.7 Å². The molecule has 0 amide bonds. The van der Waals surface area contributed by atoms with Gasteiger partial charge in [-0.2, -0.15) is 11.8 Å². The number of thioether (sulfide) groups is 1. The van der Waals surface area contributed by atoms with Crippen molar-refractivity contribution in [2.24, 2.45) is 0 Å². The van der Waals surface area contributed by atoms with Crippen molar-refractivity contribution in [1.29, 1.82) is 0 Å². The first-order valence-corrected chi connectivity index (χ1v) is 5.07. The highest BCUT2D eigenvalue weighted by atomic mass is 32.2. The average Bonchev–Trinajstić information content (AvgIpc) is 1.98. The first-order valence-electron chi connectivity index (χ1n) is 3.91. The Kier molecular flexibility index (Phi) is 7.65. The molecule has 0 rings (SSSR count). The molecule has 1 nitrogen and oxygen atoms in total. The van der Waals surface area contributed by atoms with Gasteiger partial charge in [-0.15, -0.1) is 0 Å². The van der Waals surface area contributed by atoms with Crippen LogP contribution in [-0.2, 0) is 4.74 Å². The minimum atomic E-state index is 0.418. The summed E-state index contributed by atoms with van der Waals surface area (Å²) in [5.41, 5.74) is 0. The topological polar surface area (TPSA) is 9.23 Å². The average molecular weight is 162 g/mol. The second-order valence-electron chi connectivity index (χ2n) is 2.47. The van der Waals surface area contributed by atoms with Crippen molar-refractivity contribution in [3.8, 4) is 0 Å². The van der Waals surface area contributed by atoms with E-state index in [1.165, 1.54) is 18.6 Å². The molecule has 0 bridgehead atoms. The molecule has 0 aromatic carbocycles. The van der Waals surface area contributed by atoms with Crippen LogP contribution < -0.4 is 0 Å². The second kappa shape index (κ2) is 7.42. The van der Waals surface area contributed by atoms with Crippen LogP contribution in [0.15, 0.2) is 0 Å². The van der Waals surface area contributed by atoms with Crippen molar-refractivity contribution in [3.05, 3.63) is 0 Å². The third-order valence-electron chi connectivity index (χ3n) is 1.40. The maximum Gasteiger partial charge on any atom is 0.0633 e. The van der Waals surface area contributed by atoms with E-state index in [0.717, 1.165) is 5.75 Å². The first kappa shape index (κ1) is 10.3. The number of unbranched alkanes of at least 4 members (excludes halogenated alkanes) is 1. The molecular weight excluding hydrogens is 144 g/mol. The van der Waals surface area contributed by atoms with E-state index in [9.17, 15) is 0 Å². The highest BCUT2D eigenvalue weighted by Crippen LogP contribution is 2.07. The first-order chi connectivity index (χ1) is 4.81. The molecule has 1 unspecified atom stereocenters. The Morgan fingerprint density at radius 1 is 1.50 bits per heavy atom. The highest BCUT2D eigenvalue weighted by molar-refractivity contribution is 7.99. The lowest BCUT2D eigenvalue weighted by Crippen LogP contribution is -2.07. The monoisotopic (exact) mass is 162 g/mol. The Bertz CT molecular complexity index is 66.3. The molecule has 0 saturated carbocycles. The van der Waals surface area contributed by atoms with Crippen LogP contribution in [0, 0.1) is 0 Å². The zero-order valence-corrected chi connectivity index (χ0v) is 8.04. The summed E-state index contributed by atoms with van der Waals surface area (Å²) < 4.78 is 5.11. The summed E-state index contributed by atoms with van der Waals surface area (Å²) in [4.78, 5) is 0. The minimum Gasteiger partial charge on any atom is -0.381 e. The standard InChI is InChI=1S/C8H18OS/c1-4-5-6-10-7-8(2)9-3/h8H,4-7H2,1-3H3. The van der Waals surface area contributed by atoms with Crippen molar-refractivity contribution in [3.63, 3.8) is 0 Å². The molecule has 0 aliphatic rings. The van der Waals surface area contributed by atoms with E-state index in [4.69, 9.17) is 4.74 Å². The van der Waals surface area contributed by atoms with Gasteiger partial charge in [0.2, 0.25) is 0 Å². The fourth-order valence-corrected chi connectivity index (χ4v) is 1.69. The summed E-state index contributed by atoms with van der Waals surface area (Å²) in [5, 5.41) is 0. The van der Waals surface area contributed by atoms with Crippen LogP contribution in [0.25, 0.3) is 0 Å². The van der Waals surface area contributed by atoms with Crippen molar-refractivity contribution in [2.45, 2.75) is 32.8 Å². The third-order valence-corrected chi connectivity index (χ3v) is 2.68. The Labute approximate surface area is 68.5 Å². The lowest BCUT2D eigenvalue weighted by atomic mass is 10.4. The van der Waals surface area contributed by atoms with E-state index in [0.29, 0.717) is 6.10 Å². The molecular formula is C8H18OS. The smallest absolute Gasteiger partial charge is 0.0633 e. The number of hydrogen-bond acceptors (Lipinski definition) is 2. The van der Waals surface area contributed by atoms with Crippen LogP contribution in [0.5, 0.6) is 0 Å². The molecule has 62 valence electrons. The van der Waals surface area contributed by atoms with Crippen LogP contribution >= 0.6 is 11.8 Å². The van der Waals surface area contributed by atoms with Crippen molar-refractivity contribution >= 4 is 11.8 Å². The molecule has 0 heterocycles. The van der Waals surface area contributed by atoms with Gasteiger partial charge in [0.25, 0.3) is 0 Å². The van der Waals surface area contributed by atoms with Crippen LogP contribution in [0.1, 0.15) is 26.7 Å². The molecule has 2 heteroatoms. The molecule has 0 saturated heterocycles. The Morgan fingerprint density at radius 2 is 2.20 bits per heavy atom. The predicted molar refractivity (Wildman–Crippen MR) is 48.7 cm³/mol. The van der Waals surface area contributed by atoms with Crippen molar-refractivity contribution < 1.29 is 4.74 Å². The second-order valence-corrected chi connectivity index (χ2v) is 3.62. The SMILES string of the molecule is CCCCSCC(C)OC. The summed E-state index contributed by atoms with van der Waals surface area (Å²) in [6.07, 6.45) is 3.05. The Hall–Kier alpha value is 0.310. The van der Waals surface area contributed by atoms with Crippen LogP contribution in [0.2, 0.25) is 0 Å². The van der Waals surface area contributed by atoms with Crippen LogP contribution in [0.3, 0.4) is 0 Å². The van der Waals surface area contributed by atoms with E-state index in [2.05, 4.69) is 13.8 Å². The van der Waals surface area contributed by atoms with E-state index in [1.54, 1.807) is 7.11 Å².